The van der Waals surface area contributed by atoms with Crippen molar-refractivity contribution in [2.75, 3.05) is 6.54 Å². The van der Waals surface area contributed by atoms with Crippen LogP contribution in [-0.4, -0.2) is 12.6 Å². The topological polar surface area (TPSA) is 12.0 Å². The molecule has 2 rings (SSSR count). The Morgan fingerprint density at radius 1 is 1.00 bits per heavy atom. The van der Waals surface area contributed by atoms with Crippen molar-refractivity contribution >= 4 is 0 Å². The Morgan fingerprint density at radius 2 is 1.81 bits per heavy atom. The first kappa shape index (κ1) is 12.4. The first-order valence-electron chi connectivity index (χ1n) is 7.49. The van der Waals surface area contributed by atoms with Crippen LogP contribution in [0.2, 0.25) is 0 Å². The summed E-state index contributed by atoms with van der Waals surface area (Å²) in [6.45, 7) is 6.07. The molecule has 0 amide bonds. The van der Waals surface area contributed by atoms with Gasteiger partial charge in [0.1, 0.15) is 0 Å². The third-order valence-corrected chi connectivity index (χ3v) is 4.64. The minimum atomic E-state index is 0.836. The molecule has 0 heterocycles. The van der Waals surface area contributed by atoms with Crippen LogP contribution in [0.4, 0.5) is 0 Å². The molecule has 16 heavy (non-hydrogen) atoms. The van der Waals surface area contributed by atoms with Crippen LogP contribution in [0.5, 0.6) is 0 Å². The predicted octanol–water partition coefficient (Wildman–Crippen LogP) is 3.98. The fraction of sp³-hybridized carbons (Fsp3) is 1.00. The fourth-order valence-corrected chi connectivity index (χ4v) is 3.10. The molecule has 0 spiro atoms. The number of rotatable bonds is 5. The molecule has 2 atom stereocenters. The largest absolute Gasteiger partial charge is 0.314 e. The summed E-state index contributed by atoms with van der Waals surface area (Å²) in [7, 11) is 0. The standard InChI is InChI=1S/C15H29N/c1-12(2)14-4-3-5-15(9-8-14)16-11-10-13-6-7-13/h12-16H,3-11H2,1-2H3. The normalized spacial score (nSPS) is 31.7. The molecular formula is C15H29N. The van der Waals surface area contributed by atoms with Gasteiger partial charge in [-0.1, -0.05) is 39.5 Å². The predicted molar refractivity (Wildman–Crippen MR) is 70.5 cm³/mol. The average Bonchev–Trinajstić information content (AvgIpc) is 3.04. The van der Waals surface area contributed by atoms with Gasteiger partial charge in [-0.3, -0.25) is 0 Å². The molecule has 0 radical (unpaired) electrons. The Balaban J connectivity index is 1.62. The second-order valence-electron chi connectivity index (χ2n) is 6.40. The van der Waals surface area contributed by atoms with E-state index in [1.165, 1.54) is 57.9 Å². The highest BCUT2D eigenvalue weighted by Gasteiger charge is 2.23. The molecule has 94 valence electrons. The van der Waals surface area contributed by atoms with Crippen LogP contribution in [-0.2, 0) is 0 Å². The van der Waals surface area contributed by atoms with E-state index in [9.17, 15) is 0 Å². The molecule has 0 saturated heterocycles. The summed E-state index contributed by atoms with van der Waals surface area (Å²) in [5.41, 5.74) is 0. The van der Waals surface area contributed by atoms with Crippen LogP contribution < -0.4 is 5.32 Å². The highest BCUT2D eigenvalue weighted by molar-refractivity contribution is 4.78. The molecule has 0 aromatic heterocycles. The molecule has 1 N–H and O–H groups in total. The van der Waals surface area contributed by atoms with Gasteiger partial charge in [0.15, 0.2) is 0 Å². The summed E-state index contributed by atoms with van der Waals surface area (Å²) in [6.07, 6.45) is 11.7. The molecule has 0 aromatic carbocycles. The molecule has 1 heteroatoms. The third kappa shape index (κ3) is 4.08. The Labute approximate surface area is 101 Å². The van der Waals surface area contributed by atoms with Crippen LogP contribution in [0.1, 0.15) is 65.2 Å². The van der Waals surface area contributed by atoms with E-state index in [0.29, 0.717) is 0 Å². The zero-order valence-corrected chi connectivity index (χ0v) is 11.2. The van der Waals surface area contributed by atoms with Crippen LogP contribution in [0.3, 0.4) is 0 Å². The van der Waals surface area contributed by atoms with Crippen LogP contribution in [0, 0.1) is 17.8 Å². The smallest absolute Gasteiger partial charge is 0.00671 e. The van der Waals surface area contributed by atoms with Gasteiger partial charge in [-0.25, -0.2) is 0 Å². The van der Waals surface area contributed by atoms with Crippen LogP contribution in [0.25, 0.3) is 0 Å². The molecule has 2 aliphatic rings. The van der Waals surface area contributed by atoms with Crippen LogP contribution >= 0.6 is 0 Å². The molecule has 2 fully saturated rings. The summed E-state index contributed by atoms with van der Waals surface area (Å²) in [6, 6.07) is 0.836. The van der Waals surface area contributed by atoms with Gasteiger partial charge >= 0.3 is 0 Å². The first-order valence-corrected chi connectivity index (χ1v) is 7.49. The van der Waals surface area contributed by atoms with Crippen molar-refractivity contribution < 1.29 is 0 Å². The van der Waals surface area contributed by atoms with Crippen LogP contribution in [0.15, 0.2) is 0 Å². The van der Waals surface area contributed by atoms with E-state index >= 15 is 0 Å². The summed E-state index contributed by atoms with van der Waals surface area (Å²) in [4.78, 5) is 0. The average molecular weight is 223 g/mol. The van der Waals surface area contributed by atoms with Gasteiger partial charge in [0.25, 0.3) is 0 Å². The Hall–Kier alpha value is -0.0400. The Kier molecular flexibility index (Phi) is 4.69. The zero-order valence-electron chi connectivity index (χ0n) is 11.2. The van der Waals surface area contributed by atoms with Gasteiger partial charge < -0.3 is 5.32 Å². The maximum atomic E-state index is 3.79. The lowest BCUT2D eigenvalue weighted by atomic mass is 9.89. The van der Waals surface area contributed by atoms with Crippen molar-refractivity contribution in [2.45, 2.75) is 71.3 Å². The van der Waals surface area contributed by atoms with E-state index in [4.69, 9.17) is 0 Å². The zero-order chi connectivity index (χ0) is 11.4. The maximum Gasteiger partial charge on any atom is 0.00671 e. The van der Waals surface area contributed by atoms with Crippen molar-refractivity contribution in [2.24, 2.45) is 17.8 Å². The summed E-state index contributed by atoms with van der Waals surface area (Å²) in [5, 5.41) is 3.79. The lowest BCUT2D eigenvalue weighted by Gasteiger charge is -2.19. The van der Waals surface area contributed by atoms with E-state index in [0.717, 1.165) is 23.8 Å². The highest BCUT2D eigenvalue weighted by Crippen LogP contribution is 2.32. The molecule has 0 aromatic rings. The molecule has 2 unspecified atom stereocenters. The van der Waals surface area contributed by atoms with E-state index in [1.54, 1.807) is 0 Å². The number of nitrogens with one attached hydrogen (secondary N) is 1. The SMILES string of the molecule is CC(C)C1CCCC(NCCC2CC2)CC1. The second kappa shape index (κ2) is 6.05. The van der Waals surface area contributed by atoms with Crippen molar-refractivity contribution in [3.8, 4) is 0 Å². The van der Waals surface area contributed by atoms with Gasteiger partial charge in [-0.05, 0) is 50.0 Å². The molecule has 0 bridgehead atoms. The molecule has 2 saturated carbocycles. The van der Waals surface area contributed by atoms with Gasteiger partial charge in [0.05, 0.1) is 0 Å². The minimum absolute atomic E-state index is 0.836. The quantitative estimate of drug-likeness (QED) is 0.695. The molecular weight excluding hydrogens is 194 g/mol. The van der Waals surface area contributed by atoms with Gasteiger partial charge in [-0.2, -0.15) is 0 Å². The maximum absolute atomic E-state index is 3.79. The monoisotopic (exact) mass is 223 g/mol. The Morgan fingerprint density at radius 3 is 2.50 bits per heavy atom. The van der Waals surface area contributed by atoms with E-state index in [-0.39, 0.29) is 0 Å². The fourth-order valence-electron chi connectivity index (χ4n) is 3.10. The second-order valence-corrected chi connectivity index (χ2v) is 6.40. The van der Waals surface area contributed by atoms with E-state index < -0.39 is 0 Å². The van der Waals surface area contributed by atoms with Gasteiger partial charge in [0.2, 0.25) is 0 Å². The summed E-state index contributed by atoms with van der Waals surface area (Å²) < 4.78 is 0. The van der Waals surface area contributed by atoms with Gasteiger partial charge in [-0.15, -0.1) is 0 Å². The Bertz CT molecular complexity index is 196. The van der Waals surface area contributed by atoms with Crippen molar-refractivity contribution in [3.05, 3.63) is 0 Å². The van der Waals surface area contributed by atoms with Crippen molar-refractivity contribution in [3.63, 3.8) is 0 Å². The minimum Gasteiger partial charge on any atom is -0.314 e. The third-order valence-electron chi connectivity index (χ3n) is 4.64. The highest BCUT2D eigenvalue weighted by atomic mass is 14.9. The van der Waals surface area contributed by atoms with Crippen molar-refractivity contribution in [1.29, 1.82) is 0 Å². The van der Waals surface area contributed by atoms with E-state index in [1.807, 2.05) is 0 Å². The first-order chi connectivity index (χ1) is 7.75. The lowest BCUT2D eigenvalue weighted by Crippen LogP contribution is -2.29. The summed E-state index contributed by atoms with van der Waals surface area (Å²) in [5.74, 6) is 2.97. The molecule has 2 aliphatic carbocycles. The van der Waals surface area contributed by atoms with E-state index in [2.05, 4.69) is 19.2 Å². The number of hydrogen-bond acceptors (Lipinski definition) is 1. The molecule has 1 nitrogen and oxygen atoms in total. The summed E-state index contributed by atoms with van der Waals surface area (Å²) >= 11 is 0. The number of hydrogen-bond donors (Lipinski definition) is 1. The lowest BCUT2D eigenvalue weighted by molar-refractivity contribution is 0.337. The van der Waals surface area contributed by atoms with Crippen molar-refractivity contribution in [1.82, 2.24) is 5.32 Å². The molecule has 0 aliphatic heterocycles. The van der Waals surface area contributed by atoms with Gasteiger partial charge in [0, 0.05) is 6.04 Å².